The van der Waals surface area contributed by atoms with E-state index in [1.54, 1.807) is 0 Å². The van der Waals surface area contributed by atoms with Crippen molar-refractivity contribution in [3.05, 3.63) is 12.5 Å². The maximum absolute atomic E-state index is 9.95. The van der Waals surface area contributed by atoms with E-state index < -0.39 is 24.5 Å². The third kappa shape index (κ3) is 1.90. The molecule has 3 N–H and O–H groups in total. The molecule has 3 rings (SSSR count). The molecule has 0 radical (unpaired) electrons. The summed E-state index contributed by atoms with van der Waals surface area (Å²) >= 11 is 4.19. The van der Waals surface area contributed by atoms with Gasteiger partial charge < -0.3 is 20.1 Å². The molecular weight excluding hydrogens is 272 g/mol. The summed E-state index contributed by atoms with van der Waals surface area (Å²) in [7, 11) is 0. The largest absolute Gasteiger partial charge is 0.394 e. The lowest BCUT2D eigenvalue weighted by Crippen LogP contribution is -2.33. The van der Waals surface area contributed by atoms with Crippen molar-refractivity contribution in [3.8, 4) is 0 Å². The molecule has 2 aromatic heterocycles. The van der Waals surface area contributed by atoms with E-state index in [2.05, 4.69) is 27.7 Å². The maximum Gasteiger partial charge on any atom is 0.181 e. The molecule has 0 spiro atoms. The number of fused-ring (bicyclic) bond motifs is 1. The van der Waals surface area contributed by atoms with Gasteiger partial charge in [-0.2, -0.15) is 5.10 Å². The van der Waals surface area contributed by atoms with Gasteiger partial charge in [-0.1, -0.05) is 0 Å². The number of hydrogen-bond acceptors (Lipinski definition) is 8. The first kappa shape index (κ1) is 12.8. The third-order valence-electron chi connectivity index (χ3n) is 3.13. The zero-order valence-electron chi connectivity index (χ0n) is 9.66. The minimum Gasteiger partial charge on any atom is -0.394 e. The molecule has 9 heteroatoms. The molecule has 0 bridgehead atoms. The van der Waals surface area contributed by atoms with E-state index in [4.69, 9.17) is 9.84 Å². The summed E-state index contributed by atoms with van der Waals surface area (Å²) < 4.78 is 6.74. The number of nitrogens with zero attached hydrogens (tertiary/aromatic N) is 4. The number of aromatic nitrogens is 4. The molecule has 0 aliphatic carbocycles. The first-order chi connectivity index (χ1) is 9.13. The van der Waals surface area contributed by atoms with Gasteiger partial charge in [-0.15, -0.1) is 12.6 Å². The topological polar surface area (TPSA) is 114 Å². The fourth-order valence-corrected chi connectivity index (χ4v) is 2.33. The SMILES string of the molecule is OC[C@H]1O[C@@H](n2ncc3c(S)ncnc32)[C@H](O)[C@@H]1O. The molecule has 1 aliphatic rings. The number of rotatable bonds is 2. The Morgan fingerprint density at radius 2 is 2.11 bits per heavy atom. The molecule has 4 atom stereocenters. The number of aliphatic hydroxyl groups excluding tert-OH is 3. The van der Waals surface area contributed by atoms with Crippen molar-refractivity contribution < 1.29 is 20.1 Å². The summed E-state index contributed by atoms with van der Waals surface area (Å²) in [6, 6.07) is 0. The lowest BCUT2D eigenvalue weighted by atomic mass is 10.1. The van der Waals surface area contributed by atoms with Crippen LogP contribution >= 0.6 is 12.6 Å². The first-order valence-electron chi connectivity index (χ1n) is 5.63. The van der Waals surface area contributed by atoms with Crippen LogP contribution in [0.25, 0.3) is 11.0 Å². The van der Waals surface area contributed by atoms with Gasteiger partial charge in [0.2, 0.25) is 0 Å². The Hall–Kier alpha value is -1.26. The van der Waals surface area contributed by atoms with Gasteiger partial charge >= 0.3 is 0 Å². The third-order valence-corrected chi connectivity index (χ3v) is 3.48. The Balaban J connectivity index is 2.04. The number of hydrogen-bond donors (Lipinski definition) is 4. The second-order valence-corrected chi connectivity index (χ2v) is 4.68. The van der Waals surface area contributed by atoms with E-state index in [9.17, 15) is 10.2 Å². The first-order valence-corrected chi connectivity index (χ1v) is 6.08. The van der Waals surface area contributed by atoms with E-state index in [0.717, 1.165) is 0 Å². The van der Waals surface area contributed by atoms with Crippen LogP contribution < -0.4 is 0 Å². The van der Waals surface area contributed by atoms with Crippen LogP contribution in [0.4, 0.5) is 0 Å². The minimum atomic E-state index is -1.20. The van der Waals surface area contributed by atoms with Crippen LogP contribution in [0, 0.1) is 0 Å². The van der Waals surface area contributed by atoms with Crippen LogP contribution in [0.3, 0.4) is 0 Å². The normalized spacial score (nSPS) is 31.2. The smallest absolute Gasteiger partial charge is 0.181 e. The minimum absolute atomic E-state index is 0.388. The van der Waals surface area contributed by atoms with Crippen LogP contribution in [0.15, 0.2) is 17.6 Å². The average Bonchev–Trinajstić information content (AvgIpc) is 2.94. The van der Waals surface area contributed by atoms with Gasteiger partial charge in [0.05, 0.1) is 18.2 Å². The van der Waals surface area contributed by atoms with Crippen molar-refractivity contribution in [1.82, 2.24) is 19.7 Å². The van der Waals surface area contributed by atoms with Gasteiger partial charge in [0.1, 0.15) is 29.7 Å². The molecule has 0 amide bonds. The summed E-state index contributed by atoms with van der Waals surface area (Å²) in [6.45, 7) is -0.388. The van der Waals surface area contributed by atoms with Crippen LogP contribution in [0.5, 0.6) is 0 Å². The molecule has 1 aliphatic heterocycles. The van der Waals surface area contributed by atoms with Crippen molar-refractivity contribution in [1.29, 1.82) is 0 Å². The zero-order chi connectivity index (χ0) is 13.6. The van der Waals surface area contributed by atoms with E-state index in [1.807, 2.05) is 0 Å². The Morgan fingerprint density at radius 1 is 1.32 bits per heavy atom. The zero-order valence-corrected chi connectivity index (χ0v) is 10.6. The lowest BCUT2D eigenvalue weighted by Gasteiger charge is -2.15. The molecule has 1 fully saturated rings. The van der Waals surface area contributed by atoms with Crippen molar-refractivity contribution in [2.24, 2.45) is 0 Å². The summed E-state index contributed by atoms with van der Waals surface area (Å²) in [6.07, 6.45) is -1.30. The standard InChI is InChI=1S/C10H12N4O4S/c15-2-5-6(16)7(17)10(18-5)14-8-4(1-13-14)9(19)12-3-11-8/h1,3,5-7,10,15-17H,2H2,(H,11,12,19)/t5-,6-,7-,10-/m1/s1. The summed E-state index contributed by atoms with van der Waals surface area (Å²) in [5.74, 6) is 0. The van der Waals surface area contributed by atoms with Crippen LogP contribution in [-0.4, -0.2) is 60.0 Å². The highest BCUT2D eigenvalue weighted by molar-refractivity contribution is 7.80. The molecule has 102 valence electrons. The molecule has 0 saturated carbocycles. The molecule has 0 aromatic carbocycles. The molecule has 1 saturated heterocycles. The van der Waals surface area contributed by atoms with Crippen LogP contribution in [-0.2, 0) is 4.74 Å². The average molecular weight is 284 g/mol. The van der Waals surface area contributed by atoms with Gasteiger partial charge in [0, 0.05) is 0 Å². The van der Waals surface area contributed by atoms with E-state index >= 15 is 0 Å². The molecule has 19 heavy (non-hydrogen) atoms. The monoisotopic (exact) mass is 284 g/mol. The number of aliphatic hydroxyl groups is 3. The van der Waals surface area contributed by atoms with Gasteiger partial charge in [-0.25, -0.2) is 14.6 Å². The Bertz CT molecular complexity index is 606. The second-order valence-electron chi connectivity index (χ2n) is 4.25. The molecular formula is C10H12N4O4S. The van der Waals surface area contributed by atoms with Crippen molar-refractivity contribution in [3.63, 3.8) is 0 Å². The number of thiol groups is 1. The quantitative estimate of drug-likeness (QED) is 0.401. The Morgan fingerprint density at radius 3 is 2.79 bits per heavy atom. The highest BCUT2D eigenvalue weighted by Gasteiger charge is 2.44. The van der Waals surface area contributed by atoms with Gasteiger partial charge in [0.15, 0.2) is 11.9 Å². The highest BCUT2D eigenvalue weighted by Crippen LogP contribution is 2.31. The van der Waals surface area contributed by atoms with Crippen LogP contribution in [0.2, 0.25) is 0 Å². The van der Waals surface area contributed by atoms with Crippen LogP contribution in [0.1, 0.15) is 6.23 Å². The summed E-state index contributed by atoms with van der Waals surface area (Å²) in [4.78, 5) is 7.98. The predicted octanol–water partition coefficient (Wildman–Crippen LogP) is -1.27. The van der Waals surface area contributed by atoms with Gasteiger partial charge in [-0.05, 0) is 0 Å². The summed E-state index contributed by atoms with van der Waals surface area (Å²) in [5.41, 5.74) is 0.440. The Labute approximate surface area is 113 Å². The number of ether oxygens (including phenoxy) is 1. The molecule has 2 aromatic rings. The van der Waals surface area contributed by atoms with E-state index in [1.165, 1.54) is 17.2 Å². The highest BCUT2D eigenvalue weighted by atomic mass is 32.1. The molecule has 0 unspecified atom stereocenters. The molecule has 8 nitrogen and oxygen atoms in total. The van der Waals surface area contributed by atoms with E-state index in [-0.39, 0.29) is 6.61 Å². The maximum atomic E-state index is 9.95. The van der Waals surface area contributed by atoms with Crippen molar-refractivity contribution in [2.75, 3.05) is 6.61 Å². The Kier molecular flexibility index (Phi) is 3.15. The van der Waals surface area contributed by atoms with E-state index in [0.29, 0.717) is 16.1 Å². The fraction of sp³-hybridized carbons (Fsp3) is 0.500. The van der Waals surface area contributed by atoms with Crippen molar-refractivity contribution >= 4 is 23.7 Å². The lowest BCUT2D eigenvalue weighted by molar-refractivity contribution is -0.0566. The fourth-order valence-electron chi connectivity index (χ4n) is 2.12. The summed E-state index contributed by atoms with van der Waals surface area (Å²) in [5, 5.41) is 33.9. The van der Waals surface area contributed by atoms with Gasteiger partial charge in [-0.3, -0.25) is 0 Å². The van der Waals surface area contributed by atoms with Gasteiger partial charge in [0.25, 0.3) is 0 Å². The second kappa shape index (κ2) is 4.69. The molecule has 3 heterocycles. The predicted molar refractivity (Wildman–Crippen MR) is 65.6 cm³/mol. The van der Waals surface area contributed by atoms with Crippen molar-refractivity contribution in [2.45, 2.75) is 29.6 Å².